The van der Waals surface area contributed by atoms with E-state index in [-0.39, 0.29) is 28.7 Å². The molecule has 0 saturated heterocycles. The van der Waals surface area contributed by atoms with Gasteiger partial charge in [0.15, 0.2) is 0 Å². The molecule has 2 nitrogen and oxygen atoms in total. The number of rotatable bonds is 3. The number of aryl methyl sites for hydroxylation is 1. The molecule has 23 heavy (non-hydrogen) atoms. The van der Waals surface area contributed by atoms with Crippen LogP contribution in [0.3, 0.4) is 0 Å². The van der Waals surface area contributed by atoms with Crippen LogP contribution in [0.4, 0.5) is 13.2 Å². The van der Waals surface area contributed by atoms with Crippen LogP contribution in [0.15, 0.2) is 36.4 Å². The lowest BCUT2D eigenvalue weighted by atomic mass is 10.1. The summed E-state index contributed by atoms with van der Waals surface area (Å²) in [5, 5.41) is 9.19. The van der Waals surface area contributed by atoms with Crippen molar-refractivity contribution in [1.82, 2.24) is 0 Å². The lowest BCUT2D eigenvalue weighted by Crippen LogP contribution is -2.07. The van der Waals surface area contributed by atoms with Gasteiger partial charge in [0.2, 0.25) is 0 Å². The zero-order valence-electron chi connectivity index (χ0n) is 13.0. The van der Waals surface area contributed by atoms with E-state index in [0.717, 1.165) is 6.07 Å². The molecule has 0 aromatic heterocycles. The number of aliphatic hydroxyl groups is 1. The minimum Gasteiger partial charge on any atom is -0.456 e. The van der Waals surface area contributed by atoms with Gasteiger partial charge in [0.25, 0.3) is 0 Å². The Hall–Kier alpha value is -1.72. The number of hydrogen-bond donors (Lipinski definition) is 1. The first kappa shape index (κ1) is 19.3. The predicted octanol–water partition coefficient (Wildman–Crippen LogP) is 5.98. The first-order valence-electron chi connectivity index (χ1n) is 7.06. The molecular weight excluding hydrogens is 329 g/mol. The quantitative estimate of drug-likeness (QED) is 0.741. The molecule has 0 aliphatic carbocycles. The van der Waals surface area contributed by atoms with Gasteiger partial charge in [-0.25, -0.2) is 0 Å². The summed E-state index contributed by atoms with van der Waals surface area (Å²) in [4.78, 5) is 0. The standard InChI is InChI=1S/C15H12ClF3O2.C2H6/c1-9-2-4-11(7-12(9)15(17,18)19)21-14-5-3-10(8-20)6-13(14)16;1-2/h2-7,20H,8H2,1H3;1-2H3. The summed E-state index contributed by atoms with van der Waals surface area (Å²) < 4.78 is 43.9. The van der Waals surface area contributed by atoms with Crippen LogP contribution in [0.25, 0.3) is 0 Å². The third-order valence-electron chi connectivity index (χ3n) is 2.92. The highest BCUT2D eigenvalue weighted by molar-refractivity contribution is 6.32. The second-order valence-corrected chi connectivity index (χ2v) is 4.91. The number of aliphatic hydroxyl groups excluding tert-OH is 1. The van der Waals surface area contributed by atoms with E-state index < -0.39 is 11.7 Å². The van der Waals surface area contributed by atoms with Crippen molar-refractivity contribution >= 4 is 11.6 Å². The molecule has 2 aromatic rings. The summed E-state index contributed by atoms with van der Waals surface area (Å²) in [5.41, 5.74) is -0.0353. The zero-order valence-corrected chi connectivity index (χ0v) is 13.8. The Labute approximate surface area is 138 Å². The van der Waals surface area contributed by atoms with Crippen molar-refractivity contribution in [2.75, 3.05) is 0 Å². The predicted molar refractivity (Wildman–Crippen MR) is 85.0 cm³/mol. The van der Waals surface area contributed by atoms with Crippen molar-refractivity contribution in [1.29, 1.82) is 0 Å². The third kappa shape index (κ3) is 5.15. The molecule has 0 atom stereocenters. The fourth-order valence-electron chi connectivity index (χ4n) is 1.82. The molecule has 0 fully saturated rings. The van der Waals surface area contributed by atoms with Crippen LogP contribution in [-0.2, 0) is 12.8 Å². The van der Waals surface area contributed by atoms with Gasteiger partial charge in [-0.2, -0.15) is 13.2 Å². The average Bonchev–Trinajstić information content (AvgIpc) is 2.52. The minimum absolute atomic E-state index is 0.0478. The van der Waals surface area contributed by atoms with Crippen molar-refractivity contribution in [2.24, 2.45) is 0 Å². The normalized spacial score (nSPS) is 10.8. The van der Waals surface area contributed by atoms with Crippen LogP contribution in [-0.4, -0.2) is 5.11 Å². The maximum absolute atomic E-state index is 12.8. The molecule has 0 bridgehead atoms. The van der Waals surface area contributed by atoms with Gasteiger partial charge in [-0.05, 0) is 42.3 Å². The molecule has 1 N–H and O–H groups in total. The fraction of sp³-hybridized carbons (Fsp3) is 0.294. The molecule has 0 heterocycles. The van der Waals surface area contributed by atoms with E-state index in [2.05, 4.69) is 0 Å². The molecule has 0 amide bonds. The summed E-state index contributed by atoms with van der Waals surface area (Å²) >= 11 is 5.96. The SMILES string of the molecule is CC.Cc1ccc(Oc2ccc(CO)cc2Cl)cc1C(F)(F)F. The van der Waals surface area contributed by atoms with Gasteiger partial charge in [0, 0.05) is 0 Å². The lowest BCUT2D eigenvalue weighted by molar-refractivity contribution is -0.138. The largest absolute Gasteiger partial charge is 0.456 e. The van der Waals surface area contributed by atoms with Gasteiger partial charge < -0.3 is 9.84 Å². The molecule has 6 heteroatoms. The molecule has 2 rings (SSSR count). The van der Waals surface area contributed by atoms with E-state index in [1.807, 2.05) is 13.8 Å². The molecule has 0 radical (unpaired) electrons. The van der Waals surface area contributed by atoms with E-state index in [1.54, 1.807) is 6.07 Å². The molecular formula is C17H18ClF3O2. The Morgan fingerprint density at radius 2 is 1.74 bits per heavy atom. The Morgan fingerprint density at radius 1 is 1.09 bits per heavy atom. The van der Waals surface area contributed by atoms with Gasteiger partial charge in [0.1, 0.15) is 11.5 Å². The average molecular weight is 347 g/mol. The van der Waals surface area contributed by atoms with Gasteiger partial charge in [0.05, 0.1) is 17.2 Å². The summed E-state index contributed by atoms with van der Waals surface area (Å²) in [5.74, 6) is 0.275. The second-order valence-electron chi connectivity index (χ2n) is 4.50. The van der Waals surface area contributed by atoms with Crippen LogP contribution >= 0.6 is 11.6 Å². The maximum atomic E-state index is 12.8. The lowest BCUT2D eigenvalue weighted by Gasteiger charge is -2.13. The number of alkyl halides is 3. The monoisotopic (exact) mass is 346 g/mol. The van der Waals surface area contributed by atoms with Crippen LogP contribution in [0.5, 0.6) is 11.5 Å². The highest BCUT2D eigenvalue weighted by atomic mass is 35.5. The fourth-order valence-corrected chi connectivity index (χ4v) is 2.06. The zero-order chi connectivity index (χ0) is 17.6. The summed E-state index contributed by atoms with van der Waals surface area (Å²) in [7, 11) is 0. The first-order valence-corrected chi connectivity index (χ1v) is 7.44. The van der Waals surface area contributed by atoms with Crippen LogP contribution < -0.4 is 4.74 Å². The molecule has 0 aliphatic heterocycles. The van der Waals surface area contributed by atoms with Gasteiger partial charge >= 0.3 is 6.18 Å². The number of benzene rings is 2. The van der Waals surface area contributed by atoms with Crippen molar-refractivity contribution in [3.63, 3.8) is 0 Å². The van der Waals surface area contributed by atoms with Crippen molar-refractivity contribution < 1.29 is 23.0 Å². The second kappa shape index (κ2) is 8.22. The number of halogens is 4. The summed E-state index contributed by atoms with van der Waals surface area (Å²) in [6.45, 7) is 5.21. The van der Waals surface area contributed by atoms with E-state index in [4.69, 9.17) is 21.4 Å². The topological polar surface area (TPSA) is 29.5 Å². The Morgan fingerprint density at radius 3 is 2.26 bits per heavy atom. The van der Waals surface area contributed by atoms with E-state index >= 15 is 0 Å². The van der Waals surface area contributed by atoms with E-state index in [9.17, 15) is 13.2 Å². The molecule has 0 aliphatic rings. The number of ether oxygens (including phenoxy) is 1. The van der Waals surface area contributed by atoms with Crippen LogP contribution in [0.2, 0.25) is 5.02 Å². The molecule has 0 spiro atoms. The molecule has 2 aromatic carbocycles. The Kier molecular flexibility index (Phi) is 6.91. The van der Waals surface area contributed by atoms with E-state index in [0.29, 0.717) is 5.56 Å². The highest BCUT2D eigenvalue weighted by Gasteiger charge is 2.32. The van der Waals surface area contributed by atoms with Gasteiger partial charge in [-0.15, -0.1) is 0 Å². The highest BCUT2D eigenvalue weighted by Crippen LogP contribution is 2.36. The Bertz CT molecular complexity index is 655. The van der Waals surface area contributed by atoms with Gasteiger partial charge in [-0.3, -0.25) is 0 Å². The first-order chi connectivity index (χ1) is 10.8. The maximum Gasteiger partial charge on any atom is 0.416 e. The summed E-state index contributed by atoms with van der Waals surface area (Å²) in [6.07, 6.45) is -4.44. The third-order valence-corrected chi connectivity index (χ3v) is 3.22. The van der Waals surface area contributed by atoms with E-state index in [1.165, 1.54) is 31.2 Å². The number of hydrogen-bond acceptors (Lipinski definition) is 2. The van der Waals surface area contributed by atoms with Crippen molar-refractivity contribution in [3.8, 4) is 11.5 Å². The van der Waals surface area contributed by atoms with Crippen molar-refractivity contribution in [3.05, 3.63) is 58.1 Å². The molecule has 0 saturated carbocycles. The van der Waals surface area contributed by atoms with Gasteiger partial charge in [-0.1, -0.05) is 37.6 Å². The van der Waals surface area contributed by atoms with Crippen LogP contribution in [0, 0.1) is 6.92 Å². The summed E-state index contributed by atoms with van der Waals surface area (Å²) in [6, 6.07) is 8.30. The smallest absolute Gasteiger partial charge is 0.416 e. The van der Waals surface area contributed by atoms with Crippen LogP contribution in [0.1, 0.15) is 30.5 Å². The molecule has 0 unspecified atom stereocenters. The minimum atomic E-state index is -4.44. The molecule has 126 valence electrons. The van der Waals surface area contributed by atoms with Crippen molar-refractivity contribution in [2.45, 2.75) is 33.6 Å². The Balaban J connectivity index is 0.00000127.